The number of nitrogens with one attached hydrogen (secondary N) is 1. The van der Waals surface area contributed by atoms with Gasteiger partial charge in [0, 0.05) is 10.4 Å². The molecule has 0 unspecified atom stereocenters. The van der Waals surface area contributed by atoms with E-state index < -0.39 is 11.9 Å². The number of ether oxygens (including phenoxy) is 1. The third kappa shape index (κ3) is 3.97. The maximum atomic E-state index is 12.3. The third-order valence-corrected chi connectivity index (χ3v) is 4.15. The number of carboxylic acid groups (broad SMARTS) is 1. The molecule has 21 heavy (non-hydrogen) atoms. The molecule has 0 radical (unpaired) electrons. The van der Waals surface area contributed by atoms with Crippen LogP contribution >= 0.6 is 15.9 Å². The number of aliphatic carboxylic acids is 1. The molecule has 0 saturated heterocycles. The van der Waals surface area contributed by atoms with Crippen molar-refractivity contribution >= 4 is 33.5 Å². The number of carbonyl (C=O) groups is 2. The Kier molecular flexibility index (Phi) is 5.22. The molecule has 1 aromatic carbocycles. The Morgan fingerprint density at radius 2 is 2.10 bits per heavy atom. The van der Waals surface area contributed by atoms with Gasteiger partial charge < -0.3 is 15.2 Å². The maximum Gasteiger partial charge on any atom is 0.306 e. The van der Waals surface area contributed by atoms with Crippen molar-refractivity contribution in [3.05, 3.63) is 22.7 Å². The van der Waals surface area contributed by atoms with E-state index in [1.54, 1.807) is 12.1 Å². The van der Waals surface area contributed by atoms with Crippen LogP contribution < -0.4 is 10.1 Å². The van der Waals surface area contributed by atoms with Crippen molar-refractivity contribution in [1.82, 2.24) is 0 Å². The lowest BCUT2D eigenvalue weighted by atomic mass is 10.0. The van der Waals surface area contributed by atoms with Gasteiger partial charge in [-0.3, -0.25) is 9.59 Å². The number of benzene rings is 1. The van der Waals surface area contributed by atoms with Crippen molar-refractivity contribution in [2.75, 3.05) is 11.9 Å². The highest BCUT2D eigenvalue weighted by Crippen LogP contribution is 2.34. The molecule has 1 amide bonds. The molecule has 1 saturated carbocycles. The van der Waals surface area contributed by atoms with Crippen LogP contribution in [0, 0.1) is 11.8 Å². The van der Waals surface area contributed by atoms with Crippen molar-refractivity contribution < 1.29 is 19.4 Å². The van der Waals surface area contributed by atoms with Crippen LogP contribution in [-0.4, -0.2) is 23.6 Å². The van der Waals surface area contributed by atoms with Crippen molar-refractivity contribution in [2.45, 2.75) is 26.2 Å². The fourth-order valence-electron chi connectivity index (χ4n) is 2.56. The largest absolute Gasteiger partial charge is 0.492 e. The second-order valence-electron chi connectivity index (χ2n) is 5.11. The Morgan fingerprint density at radius 1 is 1.38 bits per heavy atom. The summed E-state index contributed by atoms with van der Waals surface area (Å²) >= 11 is 3.36. The number of rotatable bonds is 5. The molecule has 6 heteroatoms. The number of carbonyl (C=O) groups excluding carboxylic acids is 1. The van der Waals surface area contributed by atoms with E-state index in [0.717, 1.165) is 4.47 Å². The molecule has 2 N–H and O–H groups in total. The van der Waals surface area contributed by atoms with Crippen LogP contribution in [0.1, 0.15) is 26.2 Å². The molecule has 0 aliphatic heterocycles. The zero-order valence-corrected chi connectivity index (χ0v) is 13.4. The highest BCUT2D eigenvalue weighted by Gasteiger charge is 2.34. The van der Waals surface area contributed by atoms with Crippen molar-refractivity contribution in [3.63, 3.8) is 0 Å². The van der Waals surface area contributed by atoms with E-state index in [4.69, 9.17) is 9.84 Å². The highest BCUT2D eigenvalue weighted by atomic mass is 79.9. The second kappa shape index (κ2) is 6.93. The van der Waals surface area contributed by atoms with Crippen molar-refractivity contribution in [1.29, 1.82) is 0 Å². The average Bonchev–Trinajstić information content (AvgIpc) is 2.92. The molecule has 1 aliphatic rings. The lowest BCUT2D eigenvalue weighted by molar-refractivity contribution is -0.141. The quantitative estimate of drug-likeness (QED) is 0.849. The Balaban J connectivity index is 2.06. The van der Waals surface area contributed by atoms with E-state index in [9.17, 15) is 9.59 Å². The van der Waals surface area contributed by atoms with Crippen LogP contribution in [0.5, 0.6) is 5.75 Å². The summed E-state index contributed by atoms with van der Waals surface area (Å²) in [6.07, 6.45) is 1.57. The predicted octanol–water partition coefficient (Wildman–Crippen LogP) is 3.29. The van der Waals surface area contributed by atoms with Gasteiger partial charge in [-0.05, 0) is 44.4 Å². The van der Waals surface area contributed by atoms with Crippen LogP contribution in [0.4, 0.5) is 5.69 Å². The summed E-state index contributed by atoms with van der Waals surface area (Å²) in [7, 11) is 0. The minimum Gasteiger partial charge on any atom is -0.492 e. The monoisotopic (exact) mass is 355 g/mol. The summed E-state index contributed by atoms with van der Waals surface area (Å²) in [5.74, 6) is -1.00. The molecule has 114 valence electrons. The number of hydrogen-bond acceptors (Lipinski definition) is 3. The van der Waals surface area contributed by atoms with E-state index in [1.807, 2.05) is 13.0 Å². The van der Waals surface area contributed by atoms with Crippen LogP contribution in [0.3, 0.4) is 0 Å². The van der Waals surface area contributed by atoms with Gasteiger partial charge in [0.05, 0.1) is 18.2 Å². The molecular weight excluding hydrogens is 338 g/mol. The molecule has 0 heterocycles. The van der Waals surface area contributed by atoms with E-state index in [-0.39, 0.29) is 11.8 Å². The summed E-state index contributed by atoms with van der Waals surface area (Å²) in [6.45, 7) is 2.39. The zero-order chi connectivity index (χ0) is 15.4. The summed E-state index contributed by atoms with van der Waals surface area (Å²) in [5, 5.41) is 11.8. The molecule has 1 aromatic rings. The topological polar surface area (TPSA) is 75.6 Å². The van der Waals surface area contributed by atoms with Gasteiger partial charge in [0.15, 0.2) is 0 Å². The highest BCUT2D eigenvalue weighted by molar-refractivity contribution is 9.10. The van der Waals surface area contributed by atoms with Gasteiger partial charge in [-0.15, -0.1) is 0 Å². The first-order valence-electron chi connectivity index (χ1n) is 6.97. The van der Waals surface area contributed by atoms with Gasteiger partial charge in [0.25, 0.3) is 0 Å². The molecule has 0 bridgehead atoms. The fourth-order valence-corrected chi connectivity index (χ4v) is 2.92. The molecule has 2 rings (SSSR count). The Bertz CT molecular complexity index is 546. The van der Waals surface area contributed by atoms with E-state index in [0.29, 0.717) is 37.3 Å². The van der Waals surface area contributed by atoms with E-state index in [1.165, 1.54) is 0 Å². The van der Waals surface area contributed by atoms with Gasteiger partial charge in [-0.2, -0.15) is 0 Å². The van der Waals surface area contributed by atoms with Gasteiger partial charge >= 0.3 is 5.97 Å². The predicted molar refractivity (Wildman–Crippen MR) is 82.4 cm³/mol. The van der Waals surface area contributed by atoms with Gasteiger partial charge in [-0.1, -0.05) is 15.9 Å². The molecule has 2 atom stereocenters. The lowest BCUT2D eigenvalue weighted by Crippen LogP contribution is -2.22. The van der Waals surface area contributed by atoms with Crippen molar-refractivity contribution in [3.8, 4) is 5.75 Å². The Morgan fingerprint density at radius 3 is 2.71 bits per heavy atom. The van der Waals surface area contributed by atoms with Crippen LogP contribution in [0.15, 0.2) is 22.7 Å². The normalized spacial score (nSPS) is 21.0. The number of carboxylic acids is 1. The van der Waals surface area contributed by atoms with Crippen LogP contribution in [-0.2, 0) is 9.59 Å². The maximum absolute atomic E-state index is 12.3. The van der Waals surface area contributed by atoms with Crippen LogP contribution in [0.2, 0.25) is 0 Å². The number of halogens is 1. The molecule has 0 aromatic heterocycles. The zero-order valence-electron chi connectivity index (χ0n) is 11.8. The number of amides is 1. The first-order chi connectivity index (χ1) is 10.0. The molecular formula is C15H18BrNO4. The van der Waals surface area contributed by atoms with Gasteiger partial charge in [-0.25, -0.2) is 0 Å². The standard InChI is InChI=1S/C15H18BrNO4/c1-2-21-13-6-5-11(16)8-12(13)17-14(18)9-3-4-10(7-9)15(19)20/h5-6,8-10H,2-4,7H2,1H3,(H,17,18)(H,19,20)/t9-,10+/m1/s1. The third-order valence-electron chi connectivity index (χ3n) is 3.65. The Labute approximate surface area is 131 Å². The summed E-state index contributed by atoms with van der Waals surface area (Å²) in [5.41, 5.74) is 0.606. The smallest absolute Gasteiger partial charge is 0.306 e. The summed E-state index contributed by atoms with van der Waals surface area (Å²) in [4.78, 5) is 23.2. The summed E-state index contributed by atoms with van der Waals surface area (Å²) < 4.78 is 6.33. The summed E-state index contributed by atoms with van der Waals surface area (Å²) in [6, 6.07) is 5.42. The molecule has 5 nitrogen and oxygen atoms in total. The lowest BCUT2D eigenvalue weighted by Gasteiger charge is -2.14. The SMILES string of the molecule is CCOc1ccc(Br)cc1NC(=O)[C@@H]1CC[C@H](C(=O)O)C1. The minimum absolute atomic E-state index is 0.141. The van der Waals surface area contributed by atoms with E-state index >= 15 is 0 Å². The number of hydrogen-bond donors (Lipinski definition) is 2. The minimum atomic E-state index is -0.817. The van der Waals surface area contributed by atoms with Gasteiger partial charge in [0.2, 0.25) is 5.91 Å². The first kappa shape index (κ1) is 15.8. The molecule has 1 aliphatic carbocycles. The van der Waals surface area contributed by atoms with Gasteiger partial charge in [0.1, 0.15) is 5.75 Å². The van der Waals surface area contributed by atoms with Crippen LogP contribution in [0.25, 0.3) is 0 Å². The molecule has 0 spiro atoms. The average molecular weight is 356 g/mol. The first-order valence-corrected chi connectivity index (χ1v) is 7.76. The molecule has 1 fully saturated rings. The van der Waals surface area contributed by atoms with E-state index in [2.05, 4.69) is 21.2 Å². The fraction of sp³-hybridized carbons (Fsp3) is 0.467. The number of anilines is 1. The second-order valence-corrected chi connectivity index (χ2v) is 6.02. The Hall–Kier alpha value is -1.56. The van der Waals surface area contributed by atoms with Crippen molar-refractivity contribution in [2.24, 2.45) is 11.8 Å².